The molecule has 0 aliphatic carbocycles. The maximum Gasteiger partial charge on any atom is 0.451 e. The number of aromatic nitrogens is 2. The van der Waals surface area contributed by atoms with Gasteiger partial charge in [-0.25, -0.2) is 9.97 Å². The number of nitrogens with two attached hydrogens (primary N) is 1. The van der Waals surface area contributed by atoms with Gasteiger partial charge in [-0.05, 0) is 45.1 Å². The van der Waals surface area contributed by atoms with E-state index in [0.717, 1.165) is 58.1 Å². The van der Waals surface area contributed by atoms with Crippen molar-refractivity contribution in [2.75, 3.05) is 42.5 Å². The Bertz CT molecular complexity index is 584. The Morgan fingerprint density at radius 3 is 2.04 bits per heavy atom. The largest absolute Gasteiger partial charge is 0.451 e. The highest BCUT2D eigenvalue weighted by atomic mass is 19.4. The Labute approximate surface area is 151 Å². The molecule has 2 saturated heterocycles. The third-order valence-corrected chi connectivity index (χ3v) is 4.65. The molecular formula is C17H26F3N5O. The fourth-order valence-corrected chi connectivity index (χ4v) is 3.10. The molecule has 0 bridgehead atoms. The first kappa shape index (κ1) is 20.4. The highest BCUT2D eigenvalue weighted by Crippen LogP contribution is 2.32. The number of anilines is 2. The van der Waals surface area contributed by atoms with Crippen molar-refractivity contribution in [2.45, 2.75) is 38.8 Å². The first-order chi connectivity index (χ1) is 12.4. The maximum absolute atomic E-state index is 13.1. The molecule has 0 saturated carbocycles. The number of piperidine rings is 1. The molecule has 1 aromatic rings. The predicted molar refractivity (Wildman–Crippen MR) is 94.2 cm³/mol. The van der Waals surface area contributed by atoms with Crippen molar-refractivity contribution in [2.24, 2.45) is 11.7 Å². The minimum Gasteiger partial charge on any atom is -0.356 e. The van der Waals surface area contributed by atoms with Crippen molar-refractivity contribution in [3.05, 3.63) is 11.9 Å². The van der Waals surface area contributed by atoms with Crippen LogP contribution in [0.3, 0.4) is 0 Å². The van der Waals surface area contributed by atoms with E-state index in [4.69, 9.17) is 10.5 Å². The van der Waals surface area contributed by atoms with Crippen LogP contribution >= 0.6 is 0 Å². The number of carbonyl (C=O) groups excluding carboxylic acids is 1. The van der Waals surface area contributed by atoms with Crippen LogP contribution in [0.15, 0.2) is 6.07 Å². The van der Waals surface area contributed by atoms with E-state index in [0.29, 0.717) is 24.1 Å². The first-order valence-electron chi connectivity index (χ1n) is 8.95. The third kappa shape index (κ3) is 5.30. The Kier molecular flexibility index (Phi) is 7.19. The average molecular weight is 373 g/mol. The van der Waals surface area contributed by atoms with Crippen LogP contribution in [0.1, 0.15) is 38.4 Å². The molecule has 2 N–H and O–H groups in total. The van der Waals surface area contributed by atoms with Crippen LogP contribution in [0, 0.1) is 5.92 Å². The number of hydrogen-bond acceptors (Lipinski definition) is 6. The van der Waals surface area contributed by atoms with Crippen molar-refractivity contribution in [3.8, 4) is 0 Å². The third-order valence-electron chi connectivity index (χ3n) is 4.65. The van der Waals surface area contributed by atoms with Gasteiger partial charge in [0, 0.05) is 32.2 Å². The second kappa shape index (κ2) is 9.16. The summed E-state index contributed by atoms with van der Waals surface area (Å²) in [5, 5.41) is 0. The molecule has 2 aliphatic rings. The van der Waals surface area contributed by atoms with Gasteiger partial charge in [-0.15, -0.1) is 0 Å². The lowest BCUT2D eigenvalue weighted by Gasteiger charge is -2.35. The fourth-order valence-electron chi connectivity index (χ4n) is 3.10. The summed E-state index contributed by atoms with van der Waals surface area (Å²) >= 11 is 0. The molecule has 0 radical (unpaired) electrons. The molecule has 0 amide bonds. The number of carbonyl (C=O) groups is 1. The first-order valence-corrected chi connectivity index (χ1v) is 8.95. The van der Waals surface area contributed by atoms with Gasteiger partial charge in [-0.1, -0.05) is 0 Å². The lowest BCUT2D eigenvalue weighted by Crippen LogP contribution is -2.39. The summed E-state index contributed by atoms with van der Waals surface area (Å²) in [6.45, 7) is 5.06. The number of hydrogen-bond donors (Lipinski definition) is 1. The van der Waals surface area contributed by atoms with Gasteiger partial charge in [0.2, 0.25) is 5.82 Å². The Morgan fingerprint density at radius 2 is 1.65 bits per heavy atom. The van der Waals surface area contributed by atoms with Crippen molar-refractivity contribution in [1.29, 1.82) is 0 Å². The monoisotopic (exact) mass is 373 g/mol. The summed E-state index contributed by atoms with van der Waals surface area (Å²) in [5.41, 5.74) is 5.58. The second-order valence-corrected chi connectivity index (χ2v) is 6.49. The van der Waals surface area contributed by atoms with Crippen LogP contribution in [0.5, 0.6) is 0 Å². The lowest BCUT2D eigenvalue weighted by molar-refractivity contribution is -0.144. The van der Waals surface area contributed by atoms with E-state index < -0.39 is 12.0 Å². The van der Waals surface area contributed by atoms with E-state index in [9.17, 15) is 13.2 Å². The zero-order chi connectivity index (χ0) is 19.2. The number of nitrogens with zero attached hydrogens (tertiary/aromatic N) is 4. The van der Waals surface area contributed by atoms with E-state index in [1.165, 1.54) is 6.92 Å². The Balaban J connectivity index is 0.000000758. The topological polar surface area (TPSA) is 75.4 Å². The molecule has 0 unspecified atom stereocenters. The second-order valence-electron chi connectivity index (χ2n) is 6.49. The summed E-state index contributed by atoms with van der Waals surface area (Å²) in [4.78, 5) is 20.1. The molecule has 0 aromatic carbocycles. The minimum atomic E-state index is -4.52. The van der Waals surface area contributed by atoms with Crippen LogP contribution < -0.4 is 15.5 Å². The molecular weight excluding hydrogens is 347 g/mol. The summed E-state index contributed by atoms with van der Waals surface area (Å²) in [6.07, 6.45) is 0.0896. The van der Waals surface area contributed by atoms with E-state index in [2.05, 4.69) is 9.97 Å². The molecule has 26 heavy (non-hydrogen) atoms. The van der Waals surface area contributed by atoms with Gasteiger partial charge in [-0.2, -0.15) is 13.2 Å². The maximum atomic E-state index is 13.1. The van der Waals surface area contributed by atoms with Gasteiger partial charge in [0.05, 0.1) is 0 Å². The molecule has 3 rings (SSSR count). The van der Waals surface area contributed by atoms with Gasteiger partial charge in [0.25, 0.3) is 0 Å². The number of halogens is 3. The molecule has 2 aliphatic heterocycles. The Morgan fingerprint density at radius 1 is 1.15 bits per heavy atom. The van der Waals surface area contributed by atoms with Gasteiger partial charge in [0.1, 0.15) is 17.9 Å². The van der Waals surface area contributed by atoms with Crippen molar-refractivity contribution in [3.63, 3.8) is 0 Å². The summed E-state index contributed by atoms with van der Waals surface area (Å²) in [6, 6.07) is 1.69. The molecule has 146 valence electrons. The van der Waals surface area contributed by atoms with E-state index >= 15 is 0 Å². The molecule has 2 fully saturated rings. The van der Waals surface area contributed by atoms with Gasteiger partial charge >= 0.3 is 6.18 Å². The van der Waals surface area contributed by atoms with Crippen LogP contribution in [-0.2, 0) is 11.0 Å². The summed E-state index contributed by atoms with van der Waals surface area (Å²) < 4.78 is 39.3. The number of aldehydes is 1. The molecule has 6 nitrogen and oxygen atoms in total. The zero-order valence-electron chi connectivity index (χ0n) is 15.0. The van der Waals surface area contributed by atoms with Crippen molar-refractivity contribution >= 4 is 17.9 Å². The molecule has 3 heterocycles. The zero-order valence-corrected chi connectivity index (χ0v) is 15.0. The summed E-state index contributed by atoms with van der Waals surface area (Å²) in [5.74, 6) is 0.300. The van der Waals surface area contributed by atoms with Crippen molar-refractivity contribution < 1.29 is 18.0 Å². The molecule has 1 aromatic heterocycles. The van der Waals surface area contributed by atoms with Crippen molar-refractivity contribution in [1.82, 2.24) is 9.97 Å². The van der Waals surface area contributed by atoms with E-state index in [1.54, 1.807) is 6.07 Å². The fraction of sp³-hybridized carbons (Fsp3) is 0.706. The molecule has 9 heteroatoms. The minimum absolute atomic E-state index is 0.387. The standard InChI is InChI=1S/C15H22F3N5.C2H4O/c16-15(17,18)14-20-12(22-6-1-7-22)10-13(21-14)23-8-3-11(2-5-19)4-9-23;1-2-3/h10-11H,1-9,19H2;2H,1H3. The predicted octanol–water partition coefficient (Wildman–Crippen LogP) is 2.48. The normalized spacial score (nSPS) is 18.0. The average Bonchev–Trinajstić information content (AvgIpc) is 2.54. The summed E-state index contributed by atoms with van der Waals surface area (Å²) in [7, 11) is 0. The van der Waals surface area contributed by atoms with Gasteiger partial charge in [0.15, 0.2) is 0 Å². The van der Waals surface area contributed by atoms with Crippen LogP contribution in [-0.4, -0.2) is 49.0 Å². The smallest absolute Gasteiger partial charge is 0.356 e. The van der Waals surface area contributed by atoms with Gasteiger partial charge in [-0.3, -0.25) is 0 Å². The van der Waals surface area contributed by atoms with Crippen LogP contribution in [0.2, 0.25) is 0 Å². The molecule has 0 spiro atoms. The number of rotatable bonds is 4. The highest BCUT2D eigenvalue weighted by Gasteiger charge is 2.37. The van der Waals surface area contributed by atoms with Crippen LogP contribution in [0.4, 0.5) is 24.8 Å². The van der Waals surface area contributed by atoms with E-state index in [1.807, 2.05) is 9.80 Å². The Hall–Kier alpha value is -1.90. The van der Waals surface area contributed by atoms with Crippen LogP contribution in [0.25, 0.3) is 0 Å². The lowest BCUT2D eigenvalue weighted by atomic mass is 9.94. The number of alkyl halides is 3. The highest BCUT2D eigenvalue weighted by molar-refractivity contribution is 5.52. The quantitative estimate of drug-likeness (QED) is 0.818. The molecule has 0 atom stereocenters. The van der Waals surface area contributed by atoms with E-state index in [-0.39, 0.29) is 0 Å². The SMILES string of the molecule is CC=O.NCCC1CCN(c2cc(N3CCC3)nc(C(F)(F)F)n2)CC1. The van der Waals surface area contributed by atoms with Gasteiger partial charge < -0.3 is 20.3 Å².